The van der Waals surface area contributed by atoms with Crippen molar-refractivity contribution in [3.05, 3.63) is 0 Å². The summed E-state index contributed by atoms with van der Waals surface area (Å²) in [4.78, 5) is 2.44. The summed E-state index contributed by atoms with van der Waals surface area (Å²) >= 11 is 0. The van der Waals surface area contributed by atoms with Gasteiger partial charge in [0.25, 0.3) is 0 Å². The van der Waals surface area contributed by atoms with Crippen molar-refractivity contribution in [3.8, 4) is 0 Å². The van der Waals surface area contributed by atoms with E-state index in [9.17, 15) is 5.11 Å². The van der Waals surface area contributed by atoms with Gasteiger partial charge in [-0.2, -0.15) is 0 Å². The lowest BCUT2D eigenvalue weighted by Gasteiger charge is -2.43. The molecule has 4 atom stereocenters. The van der Waals surface area contributed by atoms with Crippen molar-refractivity contribution in [1.29, 1.82) is 0 Å². The zero-order valence-corrected chi connectivity index (χ0v) is 15.0. The van der Waals surface area contributed by atoms with Crippen LogP contribution in [0.15, 0.2) is 0 Å². The van der Waals surface area contributed by atoms with Crippen molar-refractivity contribution in [1.82, 2.24) is 4.90 Å². The summed E-state index contributed by atoms with van der Waals surface area (Å²) < 4.78 is 0. The fraction of sp³-hybridized carbons (Fsp3) is 1.00. The standard InChI is InChI=1S/C18H37NO/c1-13(17(2,3)4)19(8)12-14-11-15(18(5,6)7)9-10-16(14)20/h13-16,20H,9-12H2,1-8H3. The number of aliphatic hydroxyl groups is 1. The number of hydrogen-bond acceptors (Lipinski definition) is 2. The Morgan fingerprint density at radius 2 is 1.65 bits per heavy atom. The maximum absolute atomic E-state index is 10.4. The highest BCUT2D eigenvalue weighted by molar-refractivity contribution is 4.88. The van der Waals surface area contributed by atoms with Crippen LogP contribution in [0.25, 0.3) is 0 Å². The Morgan fingerprint density at radius 3 is 2.10 bits per heavy atom. The molecule has 0 spiro atoms. The Hall–Kier alpha value is -0.0800. The van der Waals surface area contributed by atoms with Crippen molar-refractivity contribution >= 4 is 0 Å². The summed E-state index contributed by atoms with van der Waals surface area (Å²) in [5, 5.41) is 10.4. The minimum atomic E-state index is -0.108. The summed E-state index contributed by atoms with van der Waals surface area (Å²) in [5.41, 5.74) is 0.657. The van der Waals surface area contributed by atoms with Crippen LogP contribution in [0.3, 0.4) is 0 Å². The third-order valence-corrected chi connectivity index (χ3v) is 5.60. The van der Waals surface area contributed by atoms with E-state index in [1.165, 1.54) is 12.8 Å². The Labute approximate surface area is 126 Å². The molecule has 0 aromatic carbocycles. The van der Waals surface area contributed by atoms with Crippen molar-refractivity contribution in [2.75, 3.05) is 13.6 Å². The van der Waals surface area contributed by atoms with Crippen LogP contribution in [-0.2, 0) is 0 Å². The molecule has 1 rings (SSSR count). The molecule has 0 saturated heterocycles. The van der Waals surface area contributed by atoms with Gasteiger partial charge in [0.2, 0.25) is 0 Å². The molecule has 0 radical (unpaired) electrons. The summed E-state index contributed by atoms with van der Waals surface area (Å²) in [5.74, 6) is 1.18. The largest absolute Gasteiger partial charge is 0.393 e. The van der Waals surface area contributed by atoms with Crippen LogP contribution in [0.4, 0.5) is 0 Å². The van der Waals surface area contributed by atoms with E-state index in [-0.39, 0.29) is 11.5 Å². The topological polar surface area (TPSA) is 23.5 Å². The van der Waals surface area contributed by atoms with Gasteiger partial charge in [-0.05, 0) is 55.9 Å². The van der Waals surface area contributed by atoms with Crippen LogP contribution >= 0.6 is 0 Å². The van der Waals surface area contributed by atoms with E-state index in [4.69, 9.17) is 0 Å². The highest BCUT2D eigenvalue weighted by Gasteiger charge is 2.36. The van der Waals surface area contributed by atoms with Crippen LogP contribution in [0.1, 0.15) is 67.7 Å². The van der Waals surface area contributed by atoms with Gasteiger partial charge in [0.15, 0.2) is 0 Å². The van der Waals surface area contributed by atoms with E-state index in [1.807, 2.05) is 0 Å². The Morgan fingerprint density at radius 1 is 1.10 bits per heavy atom. The second-order valence-electron chi connectivity index (χ2n) is 9.19. The normalized spacial score (nSPS) is 30.6. The predicted molar refractivity (Wildman–Crippen MR) is 87.8 cm³/mol. The molecular formula is C18H37NO. The summed E-state index contributed by atoms with van der Waals surface area (Å²) in [6, 6.07) is 0.532. The van der Waals surface area contributed by atoms with Gasteiger partial charge in [0.05, 0.1) is 6.10 Å². The van der Waals surface area contributed by atoms with Crippen molar-refractivity contribution in [2.24, 2.45) is 22.7 Å². The molecule has 1 aliphatic carbocycles. The van der Waals surface area contributed by atoms with Crippen LogP contribution < -0.4 is 0 Å². The van der Waals surface area contributed by atoms with E-state index in [0.29, 0.717) is 17.4 Å². The van der Waals surface area contributed by atoms with Gasteiger partial charge in [0, 0.05) is 12.6 Å². The fourth-order valence-electron chi connectivity index (χ4n) is 3.42. The number of nitrogens with zero attached hydrogens (tertiary/aromatic N) is 1. The quantitative estimate of drug-likeness (QED) is 0.840. The molecule has 1 fully saturated rings. The maximum atomic E-state index is 10.4. The maximum Gasteiger partial charge on any atom is 0.0580 e. The number of aliphatic hydroxyl groups excluding tert-OH is 1. The minimum Gasteiger partial charge on any atom is -0.393 e. The molecule has 4 unspecified atom stereocenters. The molecule has 120 valence electrons. The van der Waals surface area contributed by atoms with Crippen molar-refractivity contribution in [2.45, 2.75) is 79.9 Å². The molecule has 1 aliphatic rings. The smallest absolute Gasteiger partial charge is 0.0580 e. The van der Waals surface area contributed by atoms with E-state index < -0.39 is 0 Å². The Balaban J connectivity index is 2.65. The molecule has 0 aromatic heterocycles. The van der Waals surface area contributed by atoms with Gasteiger partial charge in [-0.1, -0.05) is 41.5 Å². The summed E-state index contributed by atoms with van der Waals surface area (Å²) in [6.07, 6.45) is 3.22. The molecule has 2 nitrogen and oxygen atoms in total. The first kappa shape index (κ1) is 18.0. The van der Waals surface area contributed by atoms with Gasteiger partial charge < -0.3 is 10.0 Å². The monoisotopic (exact) mass is 283 g/mol. The fourth-order valence-corrected chi connectivity index (χ4v) is 3.42. The molecule has 0 amide bonds. The number of hydrogen-bond donors (Lipinski definition) is 1. The molecular weight excluding hydrogens is 246 g/mol. The summed E-state index contributed by atoms with van der Waals surface area (Å²) in [7, 11) is 2.21. The van der Waals surface area contributed by atoms with E-state index in [2.05, 4.69) is 60.4 Å². The molecule has 2 heteroatoms. The zero-order chi connectivity index (χ0) is 15.7. The second-order valence-corrected chi connectivity index (χ2v) is 9.19. The molecule has 20 heavy (non-hydrogen) atoms. The average molecular weight is 284 g/mol. The van der Waals surface area contributed by atoms with Gasteiger partial charge in [0.1, 0.15) is 0 Å². The van der Waals surface area contributed by atoms with Crippen molar-refractivity contribution in [3.63, 3.8) is 0 Å². The van der Waals surface area contributed by atoms with Crippen LogP contribution in [0, 0.1) is 22.7 Å². The first-order valence-electron chi connectivity index (χ1n) is 8.31. The SMILES string of the molecule is CC(N(C)CC1CC(C(C)(C)C)CCC1O)C(C)(C)C. The third kappa shape index (κ3) is 4.73. The lowest BCUT2D eigenvalue weighted by atomic mass is 9.68. The summed E-state index contributed by atoms with van der Waals surface area (Å²) in [6.45, 7) is 17.2. The van der Waals surface area contributed by atoms with Gasteiger partial charge >= 0.3 is 0 Å². The Kier molecular flexibility index (Phi) is 5.71. The molecule has 1 saturated carbocycles. The van der Waals surface area contributed by atoms with Gasteiger partial charge in [-0.25, -0.2) is 0 Å². The molecule has 0 bridgehead atoms. The van der Waals surface area contributed by atoms with Crippen LogP contribution in [0.5, 0.6) is 0 Å². The van der Waals surface area contributed by atoms with E-state index >= 15 is 0 Å². The van der Waals surface area contributed by atoms with Crippen LogP contribution in [-0.4, -0.2) is 35.7 Å². The average Bonchev–Trinajstić information content (AvgIpc) is 2.28. The molecule has 1 N–H and O–H groups in total. The van der Waals surface area contributed by atoms with E-state index in [0.717, 1.165) is 18.9 Å². The zero-order valence-electron chi connectivity index (χ0n) is 15.0. The van der Waals surface area contributed by atoms with Gasteiger partial charge in [-0.15, -0.1) is 0 Å². The first-order chi connectivity index (χ1) is 8.93. The second kappa shape index (κ2) is 6.36. The third-order valence-electron chi connectivity index (χ3n) is 5.60. The first-order valence-corrected chi connectivity index (χ1v) is 8.31. The van der Waals surface area contributed by atoms with E-state index in [1.54, 1.807) is 0 Å². The predicted octanol–water partition coefficient (Wildman–Crippen LogP) is 4.18. The molecule has 0 aliphatic heterocycles. The van der Waals surface area contributed by atoms with Crippen molar-refractivity contribution < 1.29 is 5.11 Å². The Bertz CT molecular complexity index is 300. The minimum absolute atomic E-state index is 0.108. The van der Waals surface area contributed by atoms with Gasteiger partial charge in [-0.3, -0.25) is 0 Å². The highest BCUT2D eigenvalue weighted by Crippen LogP contribution is 2.40. The molecule has 0 aromatic rings. The lowest BCUT2D eigenvalue weighted by Crippen LogP contribution is -2.46. The molecule has 0 heterocycles. The highest BCUT2D eigenvalue weighted by atomic mass is 16.3. The van der Waals surface area contributed by atoms with Crippen LogP contribution in [0.2, 0.25) is 0 Å². The number of rotatable bonds is 3. The lowest BCUT2D eigenvalue weighted by molar-refractivity contribution is -0.00533.